The zero-order valence-electron chi connectivity index (χ0n) is 10.8. The van der Waals surface area contributed by atoms with Crippen molar-refractivity contribution in [3.63, 3.8) is 0 Å². The number of hydrogen-bond donors (Lipinski definition) is 2. The molecule has 0 radical (unpaired) electrons. The molecule has 1 rings (SSSR count). The van der Waals surface area contributed by atoms with Crippen LogP contribution in [0.3, 0.4) is 0 Å². The molecular weight excluding hydrogens is 249 g/mol. The number of carboxylic acids is 1. The SMILES string of the molecule is CC(C)[C@@H](NC(=O)/C=C/c1ccccc1F)C(=O)O. The van der Waals surface area contributed by atoms with Gasteiger partial charge in [-0.1, -0.05) is 32.0 Å². The minimum Gasteiger partial charge on any atom is -0.480 e. The molecule has 1 atom stereocenters. The normalized spacial score (nSPS) is 12.6. The van der Waals surface area contributed by atoms with Crippen LogP contribution in [0.25, 0.3) is 6.08 Å². The van der Waals surface area contributed by atoms with Gasteiger partial charge in [0.2, 0.25) is 5.91 Å². The van der Waals surface area contributed by atoms with Crippen LogP contribution in [0.15, 0.2) is 30.3 Å². The van der Waals surface area contributed by atoms with Crippen LogP contribution in [0, 0.1) is 11.7 Å². The molecule has 0 saturated carbocycles. The second kappa shape index (κ2) is 6.68. The van der Waals surface area contributed by atoms with Crippen molar-refractivity contribution in [1.82, 2.24) is 5.32 Å². The lowest BCUT2D eigenvalue weighted by Crippen LogP contribution is -2.43. The third-order valence-electron chi connectivity index (χ3n) is 2.55. The van der Waals surface area contributed by atoms with E-state index in [1.54, 1.807) is 26.0 Å². The number of carbonyl (C=O) groups is 2. The van der Waals surface area contributed by atoms with Crippen molar-refractivity contribution in [1.29, 1.82) is 0 Å². The summed E-state index contributed by atoms with van der Waals surface area (Å²) >= 11 is 0. The summed E-state index contributed by atoms with van der Waals surface area (Å²) in [6, 6.07) is 5.04. The average molecular weight is 265 g/mol. The summed E-state index contributed by atoms with van der Waals surface area (Å²) in [6.07, 6.45) is 2.43. The predicted octanol–water partition coefficient (Wildman–Crippen LogP) is 2.06. The quantitative estimate of drug-likeness (QED) is 0.801. The molecule has 0 saturated heterocycles. The van der Waals surface area contributed by atoms with Crippen LogP contribution >= 0.6 is 0 Å². The van der Waals surface area contributed by atoms with Gasteiger partial charge in [-0.15, -0.1) is 0 Å². The molecule has 4 nitrogen and oxygen atoms in total. The van der Waals surface area contributed by atoms with Gasteiger partial charge in [-0.05, 0) is 18.1 Å². The van der Waals surface area contributed by atoms with Gasteiger partial charge in [0.05, 0.1) is 0 Å². The first-order valence-corrected chi connectivity index (χ1v) is 5.87. The highest BCUT2D eigenvalue weighted by molar-refractivity contribution is 5.94. The number of rotatable bonds is 5. The van der Waals surface area contributed by atoms with Crippen LogP contribution in [-0.2, 0) is 9.59 Å². The molecule has 1 aromatic rings. The molecule has 1 amide bonds. The van der Waals surface area contributed by atoms with E-state index in [4.69, 9.17) is 5.11 Å². The zero-order valence-corrected chi connectivity index (χ0v) is 10.8. The molecule has 19 heavy (non-hydrogen) atoms. The summed E-state index contributed by atoms with van der Waals surface area (Å²) in [5.74, 6) is -2.33. The van der Waals surface area contributed by atoms with E-state index in [0.717, 1.165) is 6.08 Å². The van der Waals surface area contributed by atoms with Gasteiger partial charge in [-0.3, -0.25) is 4.79 Å². The van der Waals surface area contributed by atoms with Gasteiger partial charge in [-0.2, -0.15) is 0 Å². The first-order valence-electron chi connectivity index (χ1n) is 5.87. The van der Waals surface area contributed by atoms with Crippen LogP contribution in [0.4, 0.5) is 4.39 Å². The molecule has 0 heterocycles. The zero-order chi connectivity index (χ0) is 14.4. The van der Waals surface area contributed by atoms with Gasteiger partial charge in [0.1, 0.15) is 11.9 Å². The molecule has 0 aromatic heterocycles. The van der Waals surface area contributed by atoms with Crippen molar-refractivity contribution in [2.45, 2.75) is 19.9 Å². The van der Waals surface area contributed by atoms with Crippen LogP contribution < -0.4 is 5.32 Å². The van der Waals surface area contributed by atoms with Gasteiger partial charge in [0, 0.05) is 11.6 Å². The highest BCUT2D eigenvalue weighted by Crippen LogP contribution is 2.08. The number of amides is 1. The Labute approximate surface area is 110 Å². The van der Waals surface area contributed by atoms with Crippen molar-refractivity contribution in [2.75, 3.05) is 0 Å². The summed E-state index contributed by atoms with van der Waals surface area (Å²) in [4.78, 5) is 22.5. The molecular formula is C14H16FNO3. The fraction of sp³-hybridized carbons (Fsp3) is 0.286. The van der Waals surface area contributed by atoms with E-state index in [1.807, 2.05) is 0 Å². The maximum Gasteiger partial charge on any atom is 0.326 e. The summed E-state index contributed by atoms with van der Waals surface area (Å²) in [7, 11) is 0. The van der Waals surface area contributed by atoms with Gasteiger partial charge in [0.25, 0.3) is 0 Å². The lowest BCUT2D eigenvalue weighted by Gasteiger charge is -2.16. The van der Waals surface area contributed by atoms with E-state index >= 15 is 0 Å². The van der Waals surface area contributed by atoms with Gasteiger partial charge < -0.3 is 10.4 Å². The number of nitrogens with one attached hydrogen (secondary N) is 1. The Hall–Kier alpha value is -2.17. The van der Waals surface area contributed by atoms with Crippen molar-refractivity contribution >= 4 is 18.0 Å². The molecule has 0 spiro atoms. The second-order valence-electron chi connectivity index (χ2n) is 4.42. The van der Waals surface area contributed by atoms with Crippen LogP contribution in [-0.4, -0.2) is 23.0 Å². The lowest BCUT2D eigenvalue weighted by atomic mass is 10.0. The number of hydrogen-bond acceptors (Lipinski definition) is 2. The first kappa shape index (κ1) is 14.9. The highest BCUT2D eigenvalue weighted by atomic mass is 19.1. The molecule has 102 valence electrons. The number of carbonyl (C=O) groups excluding carboxylic acids is 1. The molecule has 0 aliphatic rings. The van der Waals surface area contributed by atoms with E-state index in [2.05, 4.69) is 5.32 Å². The molecule has 0 fully saturated rings. The number of halogens is 1. The largest absolute Gasteiger partial charge is 0.480 e. The maximum atomic E-state index is 13.3. The third-order valence-corrected chi connectivity index (χ3v) is 2.55. The fourth-order valence-corrected chi connectivity index (χ4v) is 1.49. The van der Waals surface area contributed by atoms with Crippen LogP contribution in [0.1, 0.15) is 19.4 Å². The molecule has 0 bridgehead atoms. The van der Waals surface area contributed by atoms with Gasteiger partial charge in [0.15, 0.2) is 0 Å². The fourth-order valence-electron chi connectivity index (χ4n) is 1.49. The second-order valence-corrected chi connectivity index (χ2v) is 4.42. The van der Waals surface area contributed by atoms with E-state index in [9.17, 15) is 14.0 Å². The van der Waals surface area contributed by atoms with E-state index in [0.29, 0.717) is 0 Å². The molecule has 1 aromatic carbocycles. The van der Waals surface area contributed by atoms with E-state index < -0.39 is 23.7 Å². The number of carboxylic acid groups (broad SMARTS) is 1. The molecule has 5 heteroatoms. The van der Waals surface area contributed by atoms with Crippen molar-refractivity contribution in [3.8, 4) is 0 Å². The standard InChI is InChI=1S/C14H16FNO3/c1-9(2)13(14(18)19)16-12(17)8-7-10-5-3-4-6-11(10)15/h3-9,13H,1-2H3,(H,16,17)(H,18,19)/b8-7+/t13-/m1/s1. The minimum absolute atomic E-state index is 0.233. The number of aliphatic carboxylic acids is 1. The highest BCUT2D eigenvalue weighted by Gasteiger charge is 2.22. The number of benzene rings is 1. The summed E-state index contributed by atoms with van der Waals surface area (Å²) in [6.45, 7) is 3.39. The first-order chi connectivity index (χ1) is 8.91. The Balaban J connectivity index is 2.70. The Morgan fingerprint density at radius 3 is 2.47 bits per heavy atom. The van der Waals surface area contributed by atoms with Crippen molar-refractivity contribution in [2.24, 2.45) is 5.92 Å². The Bertz CT molecular complexity index is 497. The summed E-state index contributed by atoms with van der Waals surface area (Å²) in [5, 5.41) is 11.3. The minimum atomic E-state index is -1.09. The van der Waals surface area contributed by atoms with Crippen molar-refractivity contribution < 1.29 is 19.1 Å². The van der Waals surface area contributed by atoms with Crippen LogP contribution in [0.5, 0.6) is 0 Å². The molecule has 2 N–H and O–H groups in total. The Kier molecular flexibility index (Phi) is 5.23. The average Bonchev–Trinajstić information content (AvgIpc) is 2.34. The predicted molar refractivity (Wildman–Crippen MR) is 69.8 cm³/mol. The maximum absolute atomic E-state index is 13.3. The smallest absolute Gasteiger partial charge is 0.326 e. The third kappa shape index (κ3) is 4.54. The van der Waals surface area contributed by atoms with E-state index in [-0.39, 0.29) is 11.5 Å². The molecule has 0 aliphatic carbocycles. The topological polar surface area (TPSA) is 66.4 Å². The monoisotopic (exact) mass is 265 g/mol. The molecule has 0 aliphatic heterocycles. The van der Waals surface area contributed by atoms with E-state index in [1.165, 1.54) is 18.2 Å². The Morgan fingerprint density at radius 1 is 1.32 bits per heavy atom. The lowest BCUT2D eigenvalue weighted by molar-refractivity contribution is -0.142. The summed E-state index contributed by atoms with van der Waals surface area (Å²) in [5.41, 5.74) is 0.272. The van der Waals surface area contributed by atoms with Gasteiger partial charge in [-0.25, -0.2) is 9.18 Å². The Morgan fingerprint density at radius 2 is 1.95 bits per heavy atom. The van der Waals surface area contributed by atoms with Gasteiger partial charge >= 0.3 is 5.97 Å². The van der Waals surface area contributed by atoms with Crippen LogP contribution in [0.2, 0.25) is 0 Å². The van der Waals surface area contributed by atoms with Crippen molar-refractivity contribution in [3.05, 3.63) is 41.7 Å². The summed E-state index contributed by atoms with van der Waals surface area (Å²) < 4.78 is 13.3. The molecule has 0 unspecified atom stereocenters.